The highest BCUT2D eigenvalue weighted by Gasteiger charge is 2.24. The highest BCUT2D eigenvalue weighted by atomic mass is 32.1. The van der Waals surface area contributed by atoms with Crippen LogP contribution in [-0.4, -0.2) is 47.3 Å². The number of aryl methyl sites for hydroxylation is 4. The lowest BCUT2D eigenvalue weighted by Gasteiger charge is -2.07. The fourth-order valence-corrected chi connectivity index (χ4v) is 7.14. The minimum Gasteiger partial charge on any atom is -0.508 e. The van der Waals surface area contributed by atoms with Gasteiger partial charge in [-0.2, -0.15) is 0 Å². The zero-order valence-corrected chi connectivity index (χ0v) is 25.0. The third-order valence-electron chi connectivity index (χ3n) is 6.91. The van der Waals surface area contributed by atoms with Crippen LogP contribution in [0.2, 0.25) is 0 Å². The Balaban J connectivity index is 0.000000165. The van der Waals surface area contributed by atoms with Crippen molar-refractivity contribution in [1.82, 2.24) is 9.97 Å². The number of nitrogens with zero attached hydrogens (tertiary/aromatic N) is 2. The van der Waals surface area contributed by atoms with E-state index in [0.29, 0.717) is 23.2 Å². The maximum Gasteiger partial charge on any atom is 0.367 e. The fourth-order valence-electron chi connectivity index (χ4n) is 5.02. The van der Waals surface area contributed by atoms with Gasteiger partial charge in [-0.3, -0.25) is 0 Å². The zero-order valence-electron chi connectivity index (χ0n) is 23.3. The second-order valence-electron chi connectivity index (χ2n) is 9.60. The Hall–Kier alpha value is -3.76. The van der Waals surface area contributed by atoms with Gasteiger partial charge in [0.25, 0.3) is 0 Å². The van der Waals surface area contributed by atoms with Gasteiger partial charge in [0, 0.05) is 11.1 Å². The van der Waals surface area contributed by atoms with Gasteiger partial charge >= 0.3 is 11.9 Å². The summed E-state index contributed by atoms with van der Waals surface area (Å²) in [5.74, 6) is 0.364. The van der Waals surface area contributed by atoms with E-state index in [1.165, 1.54) is 33.8 Å². The summed E-state index contributed by atoms with van der Waals surface area (Å²) in [6, 6.07) is 11.5. The summed E-state index contributed by atoms with van der Waals surface area (Å²) in [7, 11) is 1.66. The molecule has 0 saturated heterocycles. The number of phenolic OH excluding ortho intramolecular Hbond substituents is 1. The van der Waals surface area contributed by atoms with Crippen LogP contribution in [0.15, 0.2) is 36.4 Å². The Kier molecular flexibility index (Phi) is 8.99. The van der Waals surface area contributed by atoms with Crippen LogP contribution in [0.4, 0.5) is 0 Å². The van der Waals surface area contributed by atoms with Crippen molar-refractivity contribution in [2.45, 2.75) is 52.4 Å². The number of aromatic hydroxyl groups is 1. The van der Waals surface area contributed by atoms with Crippen LogP contribution in [-0.2, 0) is 35.2 Å². The van der Waals surface area contributed by atoms with E-state index in [-0.39, 0.29) is 17.7 Å². The van der Waals surface area contributed by atoms with Gasteiger partial charge in [-0.1, -0.05) is 12.1 Å². The van der Waals surface area contributed by atoms with Crippen molar-refractivity contribution in [3.8, 4) is 32.4 Å². The molecule has 0 radical (unpaired) electrons. The summed E-state index contributed by atoms with van der Waals surface area (Å²) in [6.07, 6.45) is 5.77. The van der Waals surface area contributed by atoms with Crippen LogP contribution in [0, 0.1) is 0 Å². The first kappa shape index (κ1) is 28.8. The Morgan fingerprint density at radius 1 is 0.780 bits per heavy atom. The topological polar surface area (TPSA) is 108 Å². The maximum absolute atomic E-state index is 11.9. The molecule has 0 atom stereocenters. The van der Waals surface area contributed by atoms with Crippen LogP contribution in [0.1, 0.15) is 68.8 Å². The summed E-state index contributed by atoms with van der Waals surface area (Å²) in [6.45, 7) is 4.30. The van der Waals surface area contributed by atoms with E-state index in [2.05, 4.69) is 16.0 Å². The second kappa shape index (κ2) is 12.8. The van der Waals surface area contributed by atoms with Crippen LogP contribution >= 0.6 is 22.7 Å². The number of methoxy groups -OCH3 is 1. The molecule has 0 saturated carbocycles. The first-order valence-corrected chi connectivity index (χ1v) is 15.4. The summed E-state index contributed by atoms with van der Waals surface area (Å²) >= 11 is 2.77. The average Bonchev–Trinajstić information content (AvgIpc) is 3.51. The zero-order chi connectivity index (χ0) is 28.9. The normalized spacial score (nSPS) is 13.1. The minimum absolute atomic E-state index is 0.239. The van der Waals surface area contributed by atoms with E-state index in [4.69, 9.17) is 14.2 Å². The van der Waals surface area contributed by atoms with Gasteiger partial charge in [-0.25, -0.2) is 19.6 Å². The predicted molar refractivity (Wildman–Crippen MR) is 159 cm³/mol. The third-order valence-corrected chi connectivity index (χ3v) is 9.14. The SMILES string of the molecule is CCOC(=O)c1nc2c(s1)-c1cc(O)ccc1CCC2.CCOC(=O)c1nc2c(s1)-c1cc(OC)ccc1CCC2. The number of carbonyl (C=O) groups excluding carboxylic acids is 2. The fraction of sp³-hybridized carbons (Fsp3) is 0.355. The maximum atomic E-state index is 11.9. The summed E-state index contributed by atoms with van der Waals surface area (Å²) < 4.78 is 15.4. The van der Waals surface area contributed by atoms with Crippen molar-refractivity contribution in [2.24, 2.45) is 0 Å². The van der Waals surface area contributed by atoms with Gasteiger partial charge in [0.2, 0.25) is 10.0 Å². The number of aromatic nitrogens is 2. The smallest absolute Gasteiger partial charge is 0.367 e. The molecule has 214 valence electrons. The van der Waals surface area contributed by atoms with Gasteiger partial charge < -0.3 is 19.3 Å². The van der Waals surface area contributed by atoms with Crippen molar-refractivity contribution >= 4 is 34.6 Å². The molecule has 10 heteroatoms. The van der Waals surface area contributed by atoms with Crippen molar-refractivity contribution in [1.29, 1.82) is 0 Å². The number of hydrogen-bond donors (Lipinski definition) is 1. The van der Waals surface area contributed by atoms with Crippen LogP contribution in [0.5, 0.6) is 11.5 Å². The van der Waals surface area contributed by atoms with Gasteiger partial charge in [-0.05, 0) is 87.8 Å². The van der Waals surface area contributed by atoms with Gasteiger partial charge in [0.05, 0.1) is 41.5 Å². The monoisotopic (exact) mass is 592 g/mol. The molecule has 0 aliphatic heterocycles. The summed E-state index contributed by atoms with van der Waals surface area (Å²) in [4.78, 5) is 34.7. The molecule has 4 aromatic rings. The van der Waals surface area contributed by atoms with Crippen LogP contribution in [0.3, 0.4) is 0 Å². The quantitative estimate of drug-likeness (QED) is 0.256. The molecule has 0 bridgehead atoms. The van der Waals surface area contributed by atoms with E-state index >= 15 is 0 Å². The number of thiazole rings is 2. The van der Waals surface area contributed by atoms with Gasteiger partial charge in [0.1, 0.15) is 11.5 Å². The van der Waals surface area contributed by atoms with Gasteiger partial charge in [-0.15, -0.1) is 22.7 Å². The van der Waals surface area contributed by atoms with Crippen molar-refractivity contribution in [3.05, 3.63) is 68.9 Å². The van der Waals surface area contributed by atoms with E-state index in [9.17, 15) is 14.7 Å². The number of phenols is 1. The molecule has 2 aromatic carbocycles. The molecule has 8 nitrogen and oxygen atoms in total. The lowest BCUT2D eigenvalue weighted by atomic mass is 10.0. The molecule has 2 aliphatic carbocycles. The Morgan fingerprint density at radius 3 is 1.80 bits per heavy atom. The van der Waals surface area contributed by atoms with Crippen LogP contribution < -0.4 is 4.74 Å². The number of hydrogen-bond acceptors (Lipinski definition) is 10. The molecular formula is C31H32N2O6S2. The first-order valence-electron chi connectivity index (χ1n) is 13.7. The van der Waals surface area contributed by atoms with E-state index < -0.39 is 0 Å². The Bertz CT molecular complexity index is 1570. The largest absolute Gasteiger partial charge is 0.508 e. The first-order chi connectivity index (χ1) is 19.9. The number of esters is 2. The molecule has 0 unspecified atom stereocenters. The molecule has 6 rings (SSSR count). The molecular weight excluding hydrogens is 560 g/mol. The molecule has 2 aliphatic rings. The summed E-state index contributed by atoms with van der Waals surface area (Å²) in [5, 5.41) is 10.5. The number of carbonyl (C=O) groups is 2. The third kappa shape index (κ3) is 6.28. The number of ether oxygens (including phenoxy) is 3. The molecule has 41 heavy (non-hydrogen) atoms. The second-order valence-corrected chi connectivity index (χ2v) is 11.6. The number of benzene rings is 2. The predicted octanol–water partition coefficient (Wildman–Crippen LogP) is 6.67. The highest BCUT2D eigenvalue weighted by molar-refractivity contribution is 7.17. The molecule has 0 fully saturated rings. The minimum atomic E-state index is -0.368. The molecule has 2 aromatic heterocycles. The average molecular weight is 593 g/mol. The molecule has 2 heterocycles. The number of rotatable bonds is 5. The molecule has 0 amide bonds. The van der Waals surface area contributed by atoms with E-state index in [1.807, 2.05) is 18.2 Å². The highest BCUT2D eigenvalue weighted by Crippen LogP contribution is 2.40. The van der Waals surface area contributed by atoms with Crippen molar-refractivity contribution in [3.63, 3.8) is 0 Å². The van der Waals surface area contributed by atoms with E-state index in [1.54, 1.807) is 33.1 Å². The molecule has 1 N–H and O–H groups in total. The standard InChI is InChI=1S/C16H17NO3S.C15H15NO3S/c1-3-20-16(18)15-17-13-6-4-5-10-7-8-11(19-2)9-12(10)14(13)21-15;1-2-19-15(18)14-16-12-5-3-4-9-6-7-10(17)8-11(9)13(12)20-14/h7-9H,3-6H2,1-2H3;6-8,17H,2-5H2,1H3. The van der Waals surface area contributed by atoms with Crippen molar-refractivity contribution < 1.29 is 28.9 Å². The van der Waals surface area contributed by atoms with Crippen molar-refractivity contribution in [2.75, 3.05) is 20.3 Å². The van der Waals surface area contributed by atoms with E-state index in [0.717, 1.165) is 76.5 Å². The Labute approximate surface area is 247 Å². The molecule has 0 spiro atoms. The van der Waals surface area contributed by atoms with Gasteiger partial charge in [0.15, 0.2) is 0 Å². The summed E-state index contributed by atoms with van der Waals surface area (Å²) in [5.41, 5.74) is 6.53. The number of fused-ring (bicyclic) bond motifs is 6. The van der Waals surface area contributed by atoms with Crippen LogP contribution in [0.25, 0.3) is 20.9 Å². The Morgan fingerprint density at radius 2 is 1.29 bits per heavy atom. The lowest BCUT2D eigenvalue weighted by molar-refractivity contribution is 0.0516. The lowest BCUT2D eigenvalue weighted by Crippen LogP contribution is -2.04.